The van der Waals surface area contributed by atoms with Gasteiger partial charge >= 0.3 is 0 Å². The number of allylic oxidation sites excluding steroid dienone is 2. The molecule has 4 nitrogen and oxygen atoms in total. The molecule has 2 fully saturated rings. The lowest BCUT2D eigenvalue weighted by Gasteiger charge is -2.46. The van der Waals surface area contributed by atoms with Gasteiger partial charge in [-0.25, -0.2) is 0 Å². The molecule has 0 amide bonds. The maximum atomic E-state index is 13.4. The molecule has 0 spiro atoms. The fourth-order valence-electron chi connectivity index (χ4n) is 7.86. The Balaban J connectivity index is 1.74. The van der Waals surface area contributed by atoms with Crippen LogP contribution in [-0.2, 0) is 9.59 Å². The molecule has 0 aromatic carbocycles. The molecule has 3 aliphatic rings. The summed E-state index contributed by atoms with van der Waals surface area (Å²) < 4.78 is 0. The van der Waals surface area contributed by atoms with Gasteiger partial charge in [0.05, 0.1) is 5.60 Å². The molecule has 2 N–H and O–H groups in total. The number of aliphatic hydroxyl groups is 2. The van der Waals surface area contributed by atoms with Crippen molar-refractivity contribution in [3.63, 3.8) is 0 Å². The normalized spacial score (nSPS) is 35.6. The van der Waals surface area contributed by atoms with Gasteiger partial charge < -0.3 is 10.2 Å². The number of Topliss-reactive ketones (excluding diaryl/α,β-unsaturated/α-hetero) is 2. The fourth-order valence-corrected chi connectivity index (χ4v) is 7.86. The second-order valence-electron chi connectivity index (χ2n) is 13.1. The van der Waals surface area contributed by atoms with Crippen LogP contribution in [0.3, 0.4) is 0 Å². The van der Waals surface area contributed by atoms with E-state index in [4.69, 9.17) is 0 Å². The van der Waals surface area contributed by atoms with Crippen molar-refractivity contribution in [2.24, 2.45) is 40.4 Å². The molecule has 6 atom stereocenters. The summed E-state index contributed by atoms with van der Waals surface area (Å²) >= 11 is 0. The lowest BCUT2D eigenvalue weighted by Crippen LogP contribution is -2.43. The van der Waals surface area contributed by atoms with Gasteiger partial charge in [0.15, 0.2) is 5.76 Å². The molecule has 0 aliphatic heterocycles. The van der Waals surface area contributed by atoms with Crippen LogP contribution in [0.15, 0.2) is 11.3 Å². The van der Waals surface area contributed by atoms with E-state index in [9.17, 15) is 19.8 Å². The number of carbonyl (C=O) groups excluding carboxylic acids is 2. The highest BCUT2D eigenvalue weighted by Crippen LogP contribution is 2.59. The minimum absolute atomic E-state index is 0.0340. The van der Waals surface area contributed by atoms with Crippen LogP contribution < -0.4 is 0 Å². The van der Waals surface area contributed by atoms with Gasteiger partial charge in [0, 0.05) is 23.2 Å². The van der Waals surface area contributed by atoms with Gasteiger partial charge in [0.2, 0.25) is 5.78 Å². The monoisotopic (exact) mass is 460 g/mol. The first kappa shape index (κ1) is 26.4. The first-order chi connectivity index (χ1) is 15.2. The van der Waals surface area contributed by atoms with E-state index in [0.717, 1.165) is 63.4 Å². The average Bonchev–Trinajstić information content (AvgIpc) is 2.90. The third-order valence-corrected chi connectivity index (χ3v) is 9.74. The molecule has 3 aliphatic carbocycles. The van der Waals surface area contributed by atoms with Gasteiger partial charge in [-0.1, -0.05) is 47.5 Å². The first-order valence-electron chi connectivity index (χ1n) is 13.4. The Kier molecular flexibility index (Phi) is 7.59. The van der Waals surface area contributed by atoms with E-state index in [-0.39, 0.29) is 40.1 Å². The Hall–Kier alpha value is -1.16. The summed E-state index contributed by atoms with van der Waals surface area (Å²) in [5.74, 6) is 1.56. The number of hydrogen-bond acceptors (Lipinski definition) is 4. The molecule has 0 aromatic rings. The number of hydrogen-bond donors (Lipinski definition) is 2. The van der Waals surface area contributed by atoms with Crippen LogP contribution in [0, 0.1) is 40.4 Å². The van der Waals surface area contributed by atoms with Crippen LogP contribution in [0.1, 0.15) is 113 Å². The quantitative estimate of drug-likeness (QED) is 0.417. The minimum Gasteiger partial charge on any atom is -0.504 e. The largest absolute Gasteiger partial charge is 0.504 e. The molecular formula is C29H48O4. The summed E-state index contributed by atoms with van der Waals surface area (Å²) in [5.41, 5.74) is -0.257. The van der Waals surface area contributed by atoms with Crippen molar-refractivity contribution in [3.05, 3.63) is 11.3 Å². The highest BCUT2D eigenvalue weighted by atomic mass is 16.3. The summed E-state index contributed by atoms with van der Waals surface area (Å²) in [6, 6.07) is 0. The molecule has 0 heterocycles. The zero-order valence-corrected chi connectivity index (χ0v) is 22.2. The first-order valence-corrected chi connectivity index (χ1v) is 13.4. The van der Waals surface area contributed by atoms with Crippen LogP contribution in [0.2, 0.25) is 0 Å². The molecule has 2 saturated carbocycles. The Labute approximate surface area is 201 Å². The fraction of sp³-hybridized carbons (Fsp3) is 0.862. The van der Waals surface area contributed by atoms with Crippen molar-refractivity contribution in [2.75, 3.05) is 0 Å². The van der Waals surface area contributed by atoms with E-state index >= 15 is 0 Å². The Bertz CT molecular complexity index is 786. The zero-order valence-electron chi connectivity index (χ0n) is 22.2. The Morgan fingerprint density at radius 2 is 1.79 bits per heavy atom. The smallest absolute Gasteiger partial charge is 0.201 e. The summed E-state index contributed by atoms with van der Waals surface area (Å²) in [5, 5.41) is 21.1. The van der Waals surface area contributed by atoms with Gasteiger partial charge in [-0.05, 0) is 88.0 Å². The molecule has 0 bridgehead atoms. The molecule has 0 radical (unpaired) electrons. The third kappa shape index (κ3) is 5.11. The van der Waals surface area contributed by atoms with Crippen molar-refractivity contribution >= 4 is 11.6 Å². The Morgan fingerprint density at radius 3 is 2.42 bits per heavy atom. The number of fused-ring (bicyclic) bond motifs is 1. The molecule has 3 rings (SSSR count). The topological polar surface area (TPSA) is 74.6 Å². The number of ketones is 2. The zero-order chi connectivity index (χ0) is 24.8. The van der Waals surface area contributed by atoms with Crippen molar-refractivity contribution in [1.29, 1.82) is 0 Å². The molecule has 3 unspecified atom stereocenters. The molecule has 188 valence electrons. The van der Waals surface area contributed by atoms with E-state index < -0.39 is 5.60 Å². The maximum Gasteiger partial charge on any atom is 0.201 e. The number of aliphatic hydroxyl groups excluding tert-OH is 1. The molecule has 4 heteroatoms. The Morgan fingerprint density at radius 1 is 1.12 bits per heavy atom. The van der Waals surface area contributed by atoms with E-state index in [0.29, 0.717) is 24.0 Å². The summed E-state index contributed by atoms with van der Waals surface area (Å²) in [7, 11) is 0. The second-order valence-corrected chi connectivity index (χ2v) is 13.1. The highest BCUT2D eigenvalue weighted by molar-refractivity contribution is 6.00. The summed E-state index contributed by atoms with van der Waals surface area (Å²) in [6.45, 7) is 14.5. The van der Waals surface area contributed by atoms with Gasteiger partial charge in [-0.2, -0.15) is 0 Å². The third-order valence-electron chi connectivity index (χ3n) is 9.74. The van der Waals surface area contributed by atoms with Crippen molar-refractivity contribution in [3.8, 4) is 0 Å². The number of carbonyl (C=O) groups is 2. The highest BCUT2D eigenvalue weighted by Gasteiger charge is 2.56. The predicted molar refractivity (Wildman–Crippen MR) is 133 cm³/mol. The van der Waals surface area contributed by atoms with Crippen LogP contribution in [0.5, 0.6) is 0 Å². The van der Waals surface area contributed by atoms with Gasteiger partial charge in [0.1, 0.15) is 5.78 Å². The van der Waals surface area contributed by atoms with Gasteiger partial charge in [-0.3, -0.25) is 9.59 Å². The van der Waals surface area contributed by atoms with Crippen LogP contribution in [-0.4, -0.2) is 27.4 Å². The molecule has 0 aromatic heterocycles. The standard InChI is InChI=1S/C29H48O4/c1-18-12-15-22(30)28(5,6)21(18)14-13-20-11-9-17-29(7)23(25(31)26(32)24(20)29)19(2)10-8-16-27(3,4)33/h18-21,24,31,33H,8-17H2,1-7H3/t18?,19-,20+,21?,24?,29-/m1/s1. The van der Waals surface area contributed by atoms with E-state index in [1.807, 2.05) is 13.8 Å². The average molecular weight is 461 g/mol. The van der Waals surface area contributed by atoms with Crippen LogP contribution in [0.25, 0.3) is 0 Å². The SMILES string of the molecule is CC1CCC(=O)C(C)(C)C1CC[C@@H]1CCC[C@]2(C)C([C@H](C)CCCC(C)(C)O)=C(O)C(=O)C12. The van der Waals surface area contributed by atoms with Crippen LogP contribution >= 0.6 is 0 Å². The lowest BCUT2D eigenvalue weighted by atomic mass is 9.57. The van der Waals surface area contributed by atoms with Crippen molar-refractivity contribution < 1.29 is 19.8 Å². The molecule has 0 saturated heterocycles. The van der Waals surface area contributed by atoms with Crippen LogP contribution in [0.4, 0.5) is 0 Å². The van der Waals surface area contributed by atoms with E-state index in [1.165, 1.54) is 0 Å². The molecule has 33 heavy (non-hydrogen) atoms. The summed E-state index contributed by atoms with van der Waals surface area (Å²) in [6.07, 6.45) is 9.17. The predicted octanol–water partition coefficient (Wildman–Crippen LogP) is 6.80. The lowest BCUT2D eigenvalue weighted by molar-refractivity contribution is -0.136. The van der Waals surface area contributed by atoms with Crippen molar-refractivity contribution in [1.82, 2.24) is 0 Å². The second kappa shape index (κ2) is 9.47. The van der Waals surface area contributed by atoms with Gasteiger partial charge in [-0.15, -0.1) is 0 Å². The van der Waals surface area contributed by atoms with Gasteiger partial charge in [0.25, 0.3) is 0 Å². The maximum absolute atomic E-state index is 13.4. The van der Waals surface area contributed by atoms with Crippen molar-refractivity contribution in [2.45, 2.75) is 118 Å². The van der Waals surface area contributed by atoms with E-state index in [1.54, 1.807) is 0 Å². The van der Waals surface area contributed by atoms with E-state index in [2.05, 4.69) is 34.6 Å². The minimum atomic E-state index is -0.685. The summed E-state index contributed by atoms with van der Waals surface area (Å²) in [4.78, 5) is 26.0. The molecular weight excluding hydrogens is 412 g/mol. The number of rotatable bonds is 8.